The minimum Gasteiger partial charge on any atom is -0.316 e. The highest BCUT2D eigenvalue weighted by atomic mass is 32.1. The van der Waals surface area contributed by atoms with Crippen molar-refractivity contribution in [2.45, 2.75) is 51.0 Å². The Balaban J connectivity index is 1.76. The second-order valence-corrected chi connectivity index (χ2v) is 7.02. The van der Waals surface area contributed by atoms with Gasteiger partial charge in [0.15, 0.2) is 0 Å². The van der Waals surface area contributed by atoms with E-state index in [9.17, 15) is 0 Å². The monoisotopic (exact) mass is 287 g/mol. The molecule has 2 heteroatoms. The van der Waals surface area contributed by atoms with Crippen LogP contribution in [-0.2, 0) is 6.42 Å². The highest BCUT2D eigenvalue weighted by Crippen LogP contribution is 2.31. The van der Waals surface area contributed by atoms with Crippen molar-refractivity contribution in [2.75, 3.05) is 7.05 Å². The third-order valence-electron chi connectivity index (χ3n) is 4.84. The fraction of sp³-hybridized carbons (Fsp3) is 0.556. The Bertz CT molecular complexity index is 537. The van der Waals surface area contributed by atoms with E-state index in [1.165, 1.54) is 60.6 Å². The average molecular weight is 287 g/mol. The molecule has 20 heavy (non-hydrogen) atoms. The van der Waals surface area contributed by atoms with Crippen LogP contribution in [-0.4, -0.2) is 13.1 Å². The van der Waals surface area contributed by atoms with E-state index >= 15 is 0 Å². The maximum absolute atomic E-state index is 3.61. The van der Waals surface area contributed by atoms with Gasteiger partial charge >= 0.3 is 0 Å². The summed E-state index contributed by atoms with van der Waals surface area (Å²) in [5.41, 5.74) is 1.54. The van der Waals surface area contributed by atoms with Crippen LogP contribution in [0.1, 0.15) is 44.1 Å². The maximum Gasteiger partial charge on any atom is 0.0345 e. The predicted octanol–water partition coefficient (Wildman–Crippen LogP) is 5.00. The zero-order valence-electron chi connectivity index (χ0n) is 12.4. The number of hydrogen-bond donors (Lipinski definition) is 1. The molecular formula is C18H25NS. The molecule has 0 spiro atoms. The lowest BCUT2D eigenvalue weighted by Crippen LogP contribution is -2.35. The zero-order chi connectivity index (χ0) is 13.8. The van der Waals surface area contributed by atoms with Gasteiger partial charge in [-0.3, -0.25) is 0 Å². The summed E-state index contributed by atoms with van der Waals surface area (Å²) in [5.74, 6) is 0.862. The molecule has 108 valence electrons. The van der Waals surface area contributed by atoms with E-state index in [1.807, 2.05) is 11.3 Å². The lowest BCUT2D eigenvalue weighted by Gasteiger charge is -2.25. The van der Waals surface area contributed by atoms with Crippen molar-refractivity contribution in [2.24, 2.45) is 5.92 Å². The Morgan fingerprint density at radius 3 is 2.65 bits per heavy atom. The van der Waals surface area contributed by atoms with E-state index in [1.54, 1.807) is 0 Å². The minimum absolute atomic E-state index is 0.645. The first kappa shape index (κ1) is 14.1. The first-order chi connectivity index (χ1) is 9.88. The van der Waals surface area contributed by atoms with E-state index in [-0.39, 0.29) is 0 Å². The van der Waals surface area contributed by atoms with Crippen LogP contribution in [0.25, 0.3) is 10.1 Å². The largest absolute Gasteiger partial charge is 0.316 e. The summed E-state index contributed by atoms with van der Waals surface area (Å²) in [7, 11) is 2.14. The third kappa shape index (κ3) is 3.07. The lowest BCUT2D eigenvalue weighted by molar-refractivity contribution is 0.333. The molecule has 1 aliphatic carbocycles. The number of rotatable bonds is 4. The van der Waals surface area contributed by atoms with Crippen LogP contribution in [0.3, 0.4) is 0 Å². The number of fused-ring (bicyclic) bond motifs is 1. The molecule has 1 saturated carbocycles. The third-order valence-corrected chi connectivity index (χ3v) is 5.85. The van der Waals surface area contributed by atoms with E-state index in [0.29, 0.717) is 6.04 Å². The molecule has 1 nitrogen and oxygen atoms in total. The summed E-state index contributed by atoms with van der Waals surface area (Å²) >= 11 is 1.89. The van der Waals surface area contributed by atoms with Crippen LogP contribution in [0.5, 0.6) is 0 Å². The molecule has 1 fully saturated rings. The molecule has 0 saturated heterocycles. The van der Waals surface area contributed by atoms with Gasteiger partial charge in [-0.25, -0.2) is 0 Å². The quantitative estimate of drug-likeness (QED) is 0.780. The Morgan fingerprint density at radius 2 is 1.90 bits per heavy atom. The molecule has 2 aromatic rings. The van der Waals surface area contributed by atoms with Gasteiger partial charge in [-0.05, 0) is 54.6 Å². The molecule has 1 aliphatic rings. The van der Waals surface area contributed by atoms with Gasteiger partial charge in [-0.15, -0.1) is 11.3 Å². The molecule has 0 radical (unpaired) electrons. The Hall–Kier alpha value is -0.860. The molecule has 1 unspecified atom stereocenters. The molecule has 0 aliphatic heterocycles. The highest BCUT2D eigenvalue weighted by molar-refractivity contribution is 7.17. The molecule has 1 aromatic heterocycles. The zero-order valence-corrected chi connectivity index (χ0v) is 13.2. The van der Waals surface area contributed by atoms with Gasteiger partial charge in [-0.2, -0.15) is 0 Å². The molecule has 1 atom stereocenters. The van der Waals surface area contributed by atoms with E-state index in [2.05, 4.69) is 42.0 Å². The molecule has 1 N–H and O–H groups in total. The van der Waals surface area contributed by atoms with Gasteiger partial charge in [0.25, 0.3) is 0 Å². The summed E-state index contributed by atoms with van der Waals surface area (Å²) in [6, 6.07) is 9.47. The topological polar surface area (TPSA) is 12.0 Å². The first-order valence-electron chi connectivity index (χ1n) is 8.01. The van der Waals surface area contributed by atoms with Crippen molar-refractivity contribution in [3.8, 4) is 0 Å². The first-order valence-corrected chi connectivity index (χ1v) is 8.89. The van der Waals surface area contributed by atoms with Crippen molar-refractivity contribution in [3.63, 3.8) is 0 Å². The van der Waals surface area contributed by atoms with Crippen LogP contribution in [0.15, 0.2) is 29.6 Å². The molecule has 0 amide bonds. The van der Waals surface area contributed by atoms with Gasteiger partial charge in [0.2, 0.25) is 0 Å². The van der Waals surface area contributed by atoms with Crippen LogP contribution in [0.4, 0.5) is 0 Å². The number of hydrogen-bond acceptors (Lipinski definition) is 2. The van der Waals surface area contributed by atoms with Crippen LogP contribution < -0.4 is 5.32 Å². The summed E-state index contributed by atoms with van der Waals surface area (Å²) in [6.07, 6.45) is 9.73. The molecule has 0 bridgehead atoms. The van der Waals surface area contributed by atoms with Crippen LogP contribution in [0.2, 0.25) is 0 Å². The average Bonchev–Trinajstić information content (AvgIpc) is 2.71. The predicted molar refractivity (Wildman–Crippen MR) is 89.6 cm³/mol. The van der Waals surface area contributed by atoms with Gasteiger partial charge in [-0.1, -0.05) is 43.9 Å². The van der Waals surface area contributed by atoms with Crippen molar-refractivity contribution in [3.05, 3.63) is 35.2 Å². The minimum atomic E-state index is 0.645. The number of thiophene rings is 1. The molecular weight excluding hydrogens is 262 g/mol. The van der Waals surface area contributed by atoms with Gasteiger partial charge in [0.05, 0.1) is 0 Å². The highest BCUT2D eigenvalue weighted by Gasteiger charge is 2.22. The van der Waals surface area contributed by atoms with Crippen LogP contribution >= 0.6 is 11.3 Å². The molecule has 3 rings (SSSR count). The molecule has 1 heterocycles. The SMILES string of the molecule is CNC(Cc1csc2ccccc12)C1CCCCCC1. The van der Waals surface area contributed by atoms with Gasteiger partial charge in [0.1, 0.15) is 0 Å². The smallest absolute Gasteiger partial charge is 0.0345 e. The van der Waals surface area contributed by atoms with Crippen molar-refractivity contribution < 1.29 is 0 Å². The summed E-state index contributed by atoms with van der Waals surface area (Å²) in [5, 5.41) is 7.44. The van der Waals surface area contributed by atoms with Crippen molar-refractivity contribution >= 4 is 21.4 Å². The van der Waals surface area contributed by atoms with E-state index in [0.717, 1.165) is 5.92 Å². The summed E-state index contributed by atoms with van der Waals surface area (Å²) in [6.45, 7) is 0. The van der Waals surface area contributed by atoms with Gasteiger partial charge in [0, 0.05) is 10.7 Å². The van der Waals surface area contributed by atoms with E-state index < -0.39 is 0 Å². The fourth-order valence-corrected chi connectivity index (χ4v) is 4.62. The lowest BCUT2D eigenvalue weighted by atomic mass is 9.88. The Kier molecular flexibility index (Phi) is 4.74. The normalized spacial score (nSPS) is 19.1. The van der Waals surface area contributed by atoms with E-state index in [4.69, 9.17) is 0 Å². The summed E-state index contributed by atoms with van der Waals surface area (Å²) < 4.78 is 1.43. The second kappa shape index (κ2) is 6.73. The summed E-state index contributed by atoms with van der Waals surface area (Å²) in [4.78, 5) is 0. The van der Waals surface area contributed by atoms with Gasteiger partial charge < -0.3 is 5.32 Å². The van der Waals surface area contributed by atoms with Crippen molar-refractivity contribution in [1.29, 1.82) is 0 Å². The molecule has 1 aromatic carbocycles. The Labute approximate surface area is 126 Å². The number of benzene rings is 1. The number of nitrogens with one attached hydrogen (secondary N) is 1. The standard InChI is InChI=1S/C18H25NS/c1-19-17(14-8-4-2-3-5-9-14)12-15-13-20-18-11-7-6-10-16(15)18/h6-7,10-11,13-14,17,19H,2-5,8-9,12H2,1H3. The fourth-order valence-electron chi connectivity index (χ4n) is 3.65. The van der Waals surface area contributed by atoms with Crippen LogP contribution in [0, 0.1) is 5.92 Å². The second-order valence-electron chi connectivity index (χ2n) is 6.11. The van der Waals surface area contributed by atoms with Crippen molar-refractivity contribution in [1.82, 2.24) is 5.32 Å². The Morgan fingerprint density at radius 1 is 1.15 bits per heavy atom. The number of likely N-dealkylation sites (N-methyl/N-ethyl adjacent to an activating group) is 1. The maximum atomic E-state index is 3.61.